The van der Waals surface area contributed by atoms with Gasteiger partial charge in [0.2, 0.25) is 0 Å². The predicted octanol–water partition coefficient (Wildman–Crippen LogP) is 2.33. The SMILES string of the molecule is O=C(O)CCOc1ccc(Cl)cc1F. The van der Waals surface area contributed by atoms with Gasteiger partial charge in [0.15, 0.2) is 11.6 Å². The quantitative estimate of drug-likeness (QED) is 0.844. The molecule has 0 atom stereocenters. The van der Waals surface area contributed by atoms with Crippen molar-refractivity contribution in [3.8, 4) is 5.75 Å². The first-order valence-electron chi connectivity index (χ1n) is 3.89. The molecule has 0 bridgehead atoms. The highest BCUT2D eigenvalue weighted by atomic mass is 35.5. The summed E-state index contributed by atoms with van der Waals surface area (Å²) in [5.74, 6) is -1.57. The van der Waals surface area contributed by atoms with Gasteiger partial charge in [-0.15, -0.1) is 0 Å². The van der Waals surface area contributed by atoms with E-state index in [1.54, 1.807) is 0 Å². The standard InChI is InChI=1S/C9H8ClFO3/c10-6-1-2-8(7(11)5-6)14-4-3-9(12)13/h1-2,5H,3-4H2,(H,12,13). The Hall–Kier alpha value is -1.29. The van der Waals surface area contributed by atoms with E-state index in [2.05, 4.69) is 0 Å². The van der Waals surface area contributed by atoms with Gasteiger partial charge in [0, 0.05) is 5.02 Å². The summed E-state index contributed by atoms with van der Waals surface area (Å²) in [7, 11) is 0. The van der Waals surface area contributed by atoms with Crippen molar-refractivity contribution in [3.63, 3.8) is 0 Å². The van der Waals surface area contributed by atoms with Gasteiger partial charge in [0.25, 0.3) is 0 Å². The normalized spacial score (nSPS) is 9.86. The molecule has 0 aliphatic rings. The number of aliphatic carboxylic acids is 1. The molecule has 0 spiro atoms. The Morgan fingerprint density at radius 3 is 2.86 bits per heavy atom. The fourth-order valence-electron chi connectivity index (χ4n) is 0.841. The van der Waals surface area contributed by atoms with E-state index >= 15 is 0 Å². The lowest BCUT2D eigenvalue weighted by atomic mass is 10.3. The lowest BCUT2D eigenvalue weighted by molar-refractivity contribution is -0.137. The summed E-state index contributed by atoms with van der Waals surface area (Å²) in [5.41, 5.74) is 0. The Bertz CT molecular complexity index is 341. The third kappa shape index (κ3) is 3.22. The third-order valence-electron chi connectivity index (χ3n) is 1.47. The second kappa shape index (κ2) is 4.81. The number of carboxylic acid groups (broad SMARTS) is 1. The van der Waals surface area contributed by atoms with Gasteiger partial charge in [-0.1, -0.05) is 11.6 Å². The Kier molecular flexibility index (Phi) is 3.71. The maximum atomic E-state index is 13.0. The minimum Gasteiger partial charge on any atom is -0.490 e. The molecule has 5 heteroatoms. The minimum absolute atomic E-state index is 0.00986. The zero-order chi connectivity index (χ0) is 10.6. The number of halogens is 2. The summed E-state index contributed by atoms with van der Waals surface area (Å²) >= 11 is 5.51. The number of hydrogen-bond acceptors (Lipinski definition) is 2. The number of hydrogen-bond donors (Lipinski definition) is 1. The number of benzene rings is 1. The monoisotopic (exact) mass is 218 g/mol. The highest BCUT2D eigenvalue weighted by Crippen LogP contribution is 2.20. The Morgan fingerprint density at radius 2 is 2.29 bits per heavy atom. The summed E-state index contributed by atoms with van der Waals surface area (Å²) < 4.78 is 17.9. The van der Waals surface area contributed by atoms with Crippen LogP contribution in [0, 0.1) is 5.82 Å². The maximum Gasteiger partial charge on any atom is 0.306 e. The average molecular weight is 219 g/mol. The molecular weight excluding hydrogens is 211 g/mol. The van der Waals surface area contributed by atoms with Crippen LogP contribution in [-0.4, -0.2) is 17.7 Å². The second-order valence-corrected chi connectivity index (χ2v) is 3.00. The summed E-state index contributed by atoms with van der Waals surface area (Å²) in [5, 5.41) is 8.58. The molecule has 14 heavy (non-hydrogen) atoms. The van der Waals surface area contributed by atoms with E-state index in [0.717, 1.165) is 6.07 Å². The van der Waals surface area contributed by atoms with Gasteiger partial charge >= 0.3 is 5.97 Å². The first kappa shape index (κ1) is 10.8. The van der Waals surface area contributed by atoms with E-state index < -0.39 is 11.8 Å². The van der Waals surface area contributed by atoms with Crippen LogP contribution in [0.15, 0.2) is 18.2 Å². The summed E-state index contributed by atoms with van der Waals surface area (Å²) in [6.07, 6.45) is -0.165. The smallest absolute Gasteiger partial charge is 0.306 e. The lowest BCUT2D eigenvalue weighted by Crippen LogP contribution is -2.05. The molecule has 0 saturated heterocycles. The molecule has 0 saturated carbocycles. The maximum absolute atomic E-state index is 13.0. The molecule has 1 aromatic carbocycles. The van der Waals surface area contributed by atoms with Crippen LogP contribution in [0.1, 0.15) is 6.42 Å². The number of ether oxygens (including phenoxy) is 1. The Morgan fingerprint density at radius 1 is 1.57 bits per heavy atom. The fraction of sp³-hybridized carbons (Fsp3) is 0.222. The van der Waals surface area contributed by atoms with Crippen molar-refractivity contribution in [2.24, 2.45) is 0 Å². The van der Waals surface area contributed by atoms with Crippen LogP contribution in [-0.2, 0) is 4.79 Å². The number of carbonyl (C=O) groups is 1. The molecule has 0 aliphatic carbocycles. The third-order valence-corrected chi connectivity index (χ3v) is 1.70. The highest BCUT2D eigenvalue weighted by Gasteiger charge is 2.04. The molecule has 0 amide bonds. The topological polar surface area (TPSA) is 46.5 Å². The molecule has 1 N–H and O–H groups in total. The van der Waals surface area contributed by atoms with Crippen LogP contribution >= 0.6 is 11.6 Å². The summed E-state index contributed by atoms with van der Waals surface area (Å²) in [6.45, 7) is -0.0616. The van der Waals surface area contributed by atoms with Crippen LogP contribution in [0.25, 0.3) is 0 Å². The molecule has 0 unspecified atom stereocenters. The highest BCUT2D eigenvalue weighted by molar-refractivity contribution is 6.30. The van der Waals surface area contributed by atoms with Crippen LogP contribution < -0.4 is 4.74 Å². The number of rotatable bonds is 4. The zero-order valence-corrected chi connectivity index (χ0v) is 7.92. The van der Waals surface area contributed by atoms with E-state index in [-0.39, 0.29) is 23.8 Å². The first-order chi connectivity index (χ1) is 6.59. The van der Waals surface area contributed by atoms with Gasteiger partial charge in [-0.05, 0) is 18.2 Å². The average Bonchev–Trinajstić information content (AvgIpc) is 2.08. The molecule has 0 aliphatic heterocycles. The minimum atomic E-state index is -0.987. The van der Waals surface area contributed by atoms with Crippen molar-refractivity contribution in [2.45, 2.75) is 6.42 Å². The molecule has 3 nitrogen and oxygen atoms in total. The van der Waals surface area contributed by atoms with Crippen molar-refractivity contribution in [1.82, 2.24) is 0 Å². The van der Waals surface area contributed by atoms with Gasteiger partial charge < -0.3 is 9.84 Å². The van der Waals surface area contributed by atoms with Crippen molar-refractivity contribution in [2.75, 3.05) is 6.61 Å². The lowest BCUT2D eigenvalue weighted by Gasteiger charge is -2.05. The van der Waals surface area contributed by atoms with Gasteiger partial charge in [-0.2, -0.15) is 0 Å². The van der Waals surface area contributed by atoms with Crippen LogP contribution in [0.4, 0.5) is 4.39 Å². The Balaban J connectivity index is 2.55. The van der Waals surface area contributed by atoms with Gasteiger partial charge in [0.05, 0.1) is 13.0 Å². The second-order valence-electron chi connectivity index (χ2n) is 2.57. The van der Waals surface area contributed by atoms with Gasteiger partial charge in [0.1, 0.15) is 0 Å². The molecular formula is C9H8ClFO3. The van der Waals surface area contributed by atoms with Gasteiger partial charge in [-0.3, -0.25) is 4.79 Å². The van der Waals surface area contributed by atoms with Crippen molar-refractivity contribution in [1.29, 1.82) is 0 Å². The van der Waals surface area contributed by atoms with Crippen LogP contribution in [0.2, 0.25) is 5.02 Å². The van der Waals surface area contributed by atoms with Crippen LogP contribution in [0.5, 0.6) is 5.75 Å². The molecule has 0 aromatic heterocycles. The predicted molar refractivity (Wildman–Crippen MR) is 49.2 cm³/mol. The van der Waals surface area contributed by atoms with E-state index in [9.17, 15) is 9.18 Å². The van der Waals surface area contributed by atoms with E-state index in [1.165, 1.54) is 12.1 Å². The van der Waals surface area contributed by atoms with Gasteiger partial charge in [-0.25, -0.2) is 4.39 Å². The van der Waals surface area contributed by atoms with Crippen molar-refractivity contribution in [3.05, 3.63) is 29.0 Å². The fourth-order valence-corrected chi connectivity index (χ4v) is 0.999. The molecule has 1 aromatic rings. The Labute approximate surface area is 85.1 Å². The molecule has 76 valence electrons. The van der Waals surface area contributed by atoms with E-state index in [4.69, 9.17) is 21.4 Å². The first-order valence-corrected chi connectivity index (χ1v) is 4.27. The largest absolute Gasteiger partial charge is 0.490 e. The van der Waals surface area contributed by atoms with E-state index in [0.29, 0.717) is 0 Å². The van der Waals surface area contributed by atoms with Crippen molar-refractivity contribution < 1.29 is 19.0 Å². The van der Waals surface area contributed by atoms with E-state index in [1.807, 2.05) is 0 Å². The zero-order valence-electron chi connectivity index (χ0n) is 7.17. The molecule has 1 rings (SSSR count). The summed E-state index contributed by atoms with van der Waals surface area (Å²) in [4.78, 5) is 10.1. The molecule has 0 fully saturated rings. The van der Waals surface area contributed by atoms with Crippen LogP contribution in [0.3, 0.4) is 0 Å². The molecule has 0 heterocycles. The van der Waals surface area contributed by atoms with Crippen molar-refractivity contribution >= 4 is 17.6 Å². The molecule has 0 radical (unpaired) electrons. The number of carboxylic acids is 1. The summed E-state index contributed by atoms with van der Waals surface area (Å²) in [6, 6.07) is 3.94.